The van der Waals surface area contributed by atoms with Gasteiger partial charge in [-0.25, -0.2) is 0 Å². The van der Waals surface area contributed by atoms with E-state index in [2.05, 4.69) is 36.0 Å². The number of rotatable bonds is 4. The highest BCUT2D eigenvalue weighted by molar-refractivity contribution is 4.84. The lowest BCUT2D eigenvalue weighted by Crippen LogP contribution is -2.45. The maximum Gasteiger partial charge on any atom is 0.0117 e. The van der Waals surface area contributed by atoms with Crippen LogP contribution in [0.1, 0.15) is 26.7 Å². The predicted molar refractivity (Wildman–Crippen MR) is 73.3 cm³/mol. The van der Waals surface area contributed by atoms with E-state index in [1.165, 1.54) is 52.1 Å². The lowest BCUT2D eigenvalue weighted by Gasteiger charge is -2.37. The van der Waals surface area contributed by atoms with Gasteiger partial charge in [0.15, 0.2) is 0 Å². The van der Waals surface area contributed by atoms with Gasteiger partial charge in [-0.1, -0.05) is 13.8 Å². The second-order valence-corrected chi connectivity index (χ2v) is 6.00. The maximum atomic E-state index is 3.51. The van der Waals surface area contributed by atoms with Gasteiger partial charge in [-0.15, -0.1) is 0 Å². The van der Waals surface area contributed by atoms with Crippen molar-refractivity contribution in [2.75, 3.05) is 46.3 Å². The smallest absolute Gasteiger partial charge is 0.0117 e. The average molecular weight is 239 g/mol. The van der Waals surface area contributed by atoms with Crippen LogP contribution in [0.25, 0.3) is 0 Å². The molecule has 0 bridgehead atoms. The fraction of sp³-hybridized carbons (Fsp3) is 1.00. The van der Waals surface area contributed by atoms with E-state index in [1.54, 1.807) is 0 Å². The van der Waals surface area contributed by atoms with Gasteiger partial charge in [0.2, 0.25) is 0 Å². The lowest BCUT2D eigenvalue weighted by molar-refractivity contribution is 0.115. The minimum absolute atomic E-state index is 0.825. The quantitative estimate of drug-likeness (QED) is 0.797. The molecule has 0 amide bonds. The summed E-state index contributed by atoms with van der Waals surface area (Å²) in [6.07, 6.45) is 2.72. The fourth-order valence-corrected chi connectivity index (χ4v) is 3.30. The van der Waals surface area contributed by atoms with Crippen molar-refractivity contribution in [3.05, 3.63) is 0 Å². The molecule has 2 fully saturated rings. The highest BCUT2D eigenvalue weighted by atomic mass is 15.2. The number of nitrogens with zero attached hydrogens (tertiary/aromatic N) is 2. The van der Waals surface area contributed by atoms with Gasteiger partial charge in [0, 0.05) is 12.6 Å². The molecule has 0 radical (unpaired) electrons. The molecule has 2 aliphatic heterocycles. The van der Waals surface area contributed by atoms with Crippen LogP contribution in [0.15, 0.2) is 0 Å². The third-order valence-corrected chi connectivity index (χ3v) is 4.83. The second-order valence-electron chi connectivity index (χ2n) is 6.00. The molecule has 2 heterocycles. The van der Waals surface area contributed by atoms with E-state index in [-0.39, 0.29) is 0 Å². The van der Waals surface area contributed by atoms with Crippen molar-refractivity contribution in [2.24, 2.45) is 11.8 Å². The lowest BCUT2D eigenvalue weighted by atomic mass is 9.95. The molecular weight excluding hydrogens is 210 g/mol. The third-order valence-electron chi connectivity index (χ3n) is 4.83. The Hall–Kier alpha value is -0.120. The van der Waals surface area contributed by atoms with Gasteiger partial charge in [-0.2, -0.15) is 0 Å². The molecule has 0 spiro atoms. The van der Waals surface area contributed by atoms with Crippen LogP contribution in [0, 0.1) is 11.8 Å². The zero-order chi connectivity index (χ0) is 12.3. The summed E-state index contributed by atoms with van der Waals surface area (Å²) in [5.41, 5.74) is 0. The Bertz CT molecular complexity index is 224. The van der Waals surface area contributed by atoms with Crippen molar-refractivity contribution in [3.63, 3.8) is 0 Å². The summed E-state index contributed by atoms with van der Waals surface area (Å²) in [5, 5.41) is 3.51. The summed E-state index contributed by atoms with van der Waals surface area (Å²) < 4.78 is 0. The SMILES string of the molecule is CCN1CCC(N(C)C[C@@H]2CNC[C@H]2C)CC1. The summed E-state index contributed by atoms with van der Waals surface area (Å²) >= 11 is 0. The molecular formula is C14H29N3. The first-order valence-corrected chi connectivity index (χ1v) is 7.34. The van der Waals surface area contributed by atoms with Crippen molar-refractivity contribution >= 4 is 0 Å². The van der Waals surface area contributed by atoms with E-state index in [4.69, 9.17) is 0 Å². The molecule has 0 saturated carbocycles. The first kappa shape index (κ1) is 13.3. The number of hydrogen-bond donors (Lipinski definition) is 1. The molecule has 17 heavy (non-hydrogen) atoms. The van der Waals surface area contributed by atoms with Gasteiger partial charge in [0.1, 0.15) is 0 Å². The molecule has 1 N–H and O–H groups in total. The summed E-state index contributed by atoms with van der Waals surface area (Å²) in [7, 11) is 2.33. The van der Waals surface area contributed by atoms with Crippen LogP contribution in [0.4, 0.5) is 0 Å². The van der Waals surface area contributed by atoms with Gasteiger partial charge in [0.25, 0.3) is 0 Å². The highest BCUT2D eigenvalue weighted by Crippen LogP contribution is 2.21. The minimum atomic E-state index is 0.825. The number of nitrogens with one attached hydrogen (secondary N) is 1. The van der Waals surface area contributed by atoms with Gasteiger partial charge in [0.05, 0.1) is 0 Å². The van der Waals surface area contributed by atoms with Crippen molar-refractivity contribution in [3.8, 4) is 0 Å². The molecule has 2 rings (SSSR count). The van der Waals surface area contributed by atoms with E-state index < -0.39 is 0 Å². The molecule has 2 atom stereocenters. The van der Waals surface area contributed by atoms with E-state index in [0.29, 0.717) is 0 Å². The molecule has 2 saturated heterocycles. The Labute approximate surface area is 107 Å². The van der Waals surface area contributed by atoms with Gasteiger partial charge < -0.3 is 15.1 Å². The molecule has 0 aliphatic carbocycles. The largest absolute Gasteiger partial charge is 0.316 e. The van der Waals surface area contributed by atoms with Crippen molar-refractivity contribution in [1.82, 2.24) is 15.1 Å². The number of likely N-dealkylation sites (tertiary alicyclic amines) is 1. The predicted octanol–water partition coefficient (Wildman–Crippen LogP) is 1.26. The average Bonchev–Trinajstić information content (AvgIpc) is 2.75. The van der Waals surface area contributed by atoms with Crippen LogP contribution >= 0.6 is 0 Å². The molecule has 0 unspecified atom stereocenters. The summed E-state index contributed by atoms with van der Waals surface area (Å²) in [6.45, 7) is 12.2. The molecule has 3 nitrogen and oxygen atoms in total. The highest BCUT2D eigenvalue weighted by Gasteiger charge is 2.28. The van der Waals surface area contributed by atoms with Crippen LogP contribution in [0.2, 0.25) is 0 Å². The van der Waals surface area contributed by atoms with Crippen LogP contribution < -0.4 is 5.32 Å². The first-order chi connectivity index (χ1) is 8.20. The number of piperidine rings is 1. The van der Waals surface area contributed by atoms with E-state index >= 15 is 0 Å². The summed E-state index contributed by atoms with van der Waals surface area (Å²) in [5.74, 6) is 1.72. The molecule has 0 aromatic heterocycles. The van der Waals surface area contributed by atoms with Gasteiger partial charge >= 0.3 is 0 Å². The molecule has 0 aromatic rings. The monoisotopic (exact) mass is 239 g/mol. The first-order valence-electron chi connectivity index (χ1n) is 7.34. The Morgan fingerprint density at radius 2 is 1.94 bits per heavy atom. The van der Waals surface area contributed by atoms with Crippen molar-refractivity contribution in [2.45, 2.75) is 32.7 Å². The van der Waals surface area contributed by atoms with Crippen LogP contribution in [-0.4, -0.2) is 62.2 Å². The van der Waals surface area contributed by atoms with Crippen molar-refractivity contribution in [1.29, 1.82) is 0 Å². The fourth-order valence-electron chi connectivity index (χ4n) is 3.30. The number of hydrogen-bond acceptors (Lipinski definition) is 3. The van der Waals surface area contributed by atoms with Crippen LogP contribution in [0.3, 0.4) is 0 Å². The van der Waals surface area contributed by atoms with Gasteiger partial charge in [-0.3, -0.25) is 0 Å². The molecule has 2 aliphatic rings. The summed E-state index contributed by atoms with van der Waals surface area (Å²) in [6, 6.07) is 0.825. The molecule has 0 aromatic carbocycles. The van der Waals surface area contributed by atoms with E-state index in [9.17, 15) is 0 Å². The standard InChI is InChI=1S/C14H29N3/c1-4-17-7-5-14(6-8-17)16(3)11-13-10-15-9-12(13)2/h12-15H,4-11H2,1-3H3/t12-,13+/m1/s1. The Kier molecular flexibility index (Phi) is 4.83. The van der Waals surface area contributed by atoms with Crippen molar-refractivity contribution < 1.29 is 0 Å². The Balaban J connectivity index is 1.74. The minimum Gasteiger partial charge on any atom is -0.316 e. The zero-order valence-corrected chi connectivity index (χ0v) is 11.8. The summed E-state index contributed by atoms with van der Waals surface area (Å²) in [4.78, 5) is 5.20. The topological polar surface area (TPSA) is 18.5 Å². The molecule has 100 valence electrons. The van der Waals surface area contributed by atoms with Crippen LogP contribution in [0.5, 0.6) is 0 Å². The normalized spacial score (nSPS) is 32.5. The Morgan fingerprint density at radius 1 is 1.24 bits per heavy atom. The van der Waals surface area contributed by atoms with E-state index in [0.717, 1.165) is 17.9 Å². The van der Waals surface area contributed by atoms with Crippen LogP contribution in [-0.2, 0) is 0 Å². The van der Waals surface area contributed by atoms with Gasteiger partial charge in [-0.05, 0) is 64.4 Å². The van der Waals surface area contributed by atoms with E-state index in [1.807, 2.05) is 0 Å². The second kappa shape index (κ2) is 6.17. The maximum absolute atomic E-state index is 3.51. The third kappa shape index (κ3) is 3.43. The molecule has 3 heteroatoms. The Morgan fingerprint density at radius 3 is 2.47 bits per heavy atom. The zero-order valence-electron chi connectivity index (χ0n) is 11.8.